The second-order valence-electron chi connectivity index (χ2n) is 8.54. The third-order valence-corrected chi connectivity index (χ3v) is 5.89. The number of ether oxygens (including phenoxy) is 1. The minimum absolute atomic E-state index is 0.0683. The van der Waals surface area contributed by atoms with Crippen LogP contribution in [-0.4, -0.2) is 24.8 Å². The predicted octanol–water partition coefficient (Wildman–Crippen LogP) is 7.71. The Labute approximate surface area is 185 Å². The fourth-order valence-corrected chi connectivity index (χ4v) is 3.93. The molecular weight excluding hydrogens is 372 g/mol. The van der Waals surface area contributed by atoms with Gasteiger partial charge < -0.3 is 4.74 Å². The van der Waals surface area contributed by atoms with E-state index in [2.05, 4.69) is 6.92 Å². The second kappa shape index (κ2) is 18.3. The smallest absolute Gasteiger partial charge is 0.170 e. The molecule has 0 aliphatic rings. The Balaban J connectivity index is 2.00. The van der Waals surface area contributed by atoms with E-state index in [9.17, 15) is 9.59 Å². The largest absolute Gasteiger partial charge is 0.374 e. The number of hydrogen-bond acceptors (Lipinski definition) is 3. The lowest BCUT2D eigenvalue weighted by Crippen LogP contribution is -2.25. The number of methoxy groups -OCH3 is 1. The molecular formula is C27H44O3. The molecule has 30 heavy (non-hydrogen) atoms. The molecule has 0 amide bonds. The molecule has 1 atom stereocenters. The molecule has 0 aromatic heterocycles. The molecule has 1 unspecified atom stereocenters. The summed E-state index contributed by atoms with van der Waals surface area (Å²) < 4.78 is 5.36. The van der Waals surface area contributed by atoms with Crippen LogP contribution in [0.3, 0.4) is 0 Å². The molecule has 0 radical (unpaired) electrons. The van der Waals surface area contributed by atoms with Crippen molar-refractivity contribution in [3.05, 3.63) is 35.9 Å². The van der Waals surface area contributed by atoms with E-state index in [1.807, 2.05) is 18.2 Å². The van der Waals surface area contributed by atoms with Gasteiger partial charge in [0.25, 0.3) is 0 Å². The Morgan fingerprint density at radius 1 is 0.733 bits per heavy atom. The summed E-state index contributed by atoms with van der Waals surface area (Å²) in [5.41, 5.74) is 0.595. The molecule has 0 spiro atoms. The Morgan fingerprint density at radius 3 is 1.67 bits per heavy atom. The van der Waals surface area contributed by atoms with Gasteiger partial charge in [0.15, 0.2) is 11.6 Å². The first-order chi connectivity index (χ1) is 14.7. The summed E-state index contributed by atoms with van der Waals surface area (Å²) in [5.74, 6) is -0.218. The summed E-state index contributed by atoms with van der Waals surface area (Å²) in [4.78, 5) is 24.6. The van der Waals surface area contributed by atoms with Crippen LogP contribution in [0.1, 0.15) is 120 Å². The number of unbranched alkanes of at least 4 members (excludes halogenated alkanes) is 13. The van der Waals surface area contributed by atoms with Crippen molar-refractivity contribution in [1.29, 1.82) is 0 Å². The van der Waals surface area contributed by atoms with Crippen LogP contribution in [0, 0.1) is 0 Å². The maximum absolute atomic E-state index is 12.4. The highest BCUT2D eigenvalue weighted by atomic mass is 16.5. The molecule has 3 nitrogen and oxygen atoms in total. The van der Waals surface area contributed by atoms with Gasteiger partial charge in [0.2, 0.25) is 0 Å². The highest BCUT2D eigenvalue weighted by Crippen LogP contribution is 2.15. The van der Waals surface area contributed by atoms with E-state index in [1.165, 1.54) is 77.0 Å². The lowest BCUT2D eigenvalue weighted by atomic mass is 9.99. The maximum Gasteiger partial charge on any atom is 0.170 e. The molecule has 0 saturated carbocycles. The van der Waals surface area contributed by atoms with Gasteiger partial charge in [-0.2, -0.15) is 0 Å². The Hall–Kier alpha value is -1.48. The number of ketones is 2. The Kier molecular flexibility index (Phi) is 16.2. The van der Waals surface area contributed by atoms with Crippen LogP contribution in [0.2, 0.25) is 0 Å². The molecule has 1 rings (SSSR count). The van der Waals surface area contributed by atoms with Crippen molar-refractivity contribution >= 4 is 11.6 Å². The number of hydrogen-bond donors (Lipinski definition) is 0. The van der Waals surface area contributed by atoms with Crippen molar-refractivity contribution < 1.29 is 14.3 Å². The second-order valence-corrected chi connectivity index (χ2v) is 8.54. The average Bonchev–Trinajstić information content (AvgIpc) is 2.77. The minimum Gasteiger partial charge on any atom is -0.374 e. The van der Waals surface area contributed by atoms with Crippen LogP contribution in [0.25, 0.3) is 0 Å². The Morgan fingerprint density at radius 2 is 1.20 bits per heavy atom. The summed E-state index contributed by atoms with van der Waals surface area (Å²) in [6.07, 6.45) is 18.7. The molecule has 0 aliphatic heterocycles. The molecule has 0 N–H and O–H groups in total. The fraction of sp³-hybridized carbons (Fsp3) is 0.704. The summed E-state index contributed by atoms with van der Waals surface area (Å²) in [6, 6.07) is 9.02. The van der Waals surface area contributed by atoms with Crippen LogP contribution in [0.4, 0.5) is 0 Å². The summed E-state index contributed by atoms with van der Waals surface area (Å²) in [7, 11) is 1.57. The zero-order valence-corrected chi connectivity index (χ0v) is 19.5. The average molecular weight is 417 g/mol. The van der Waals surface area contributed by atoms with Crippen molar-refractivity contribution in [3.8, 4) is 0 Å². The van der Waals surface area contributed by atoms with E-state index in [4.69, 9.17) is 4.74 Å². The van der Waals surface area contributed by atoms with E-state index in [1.54, 1.807) is 19.2 Å². The zero-order chi connectivity index (χ0) is 21.9. The van der Waals surface area contributed by atoms with Gasteiger partial charge in [-0.25, -0.2) is 0 Å². The van der Waals surface area contributed by atoms with E-state index >= 15 is 0 Å². The predicted molar refractivity (Wildman–Crippen MR) is 126 cm³/mol. The maximum atomic E-state index is 12.4. The monoisotopic (exact) mass is 416 g/mol. The van der Waals surface area contributed by atoms with Gasteiger partial charge in [-0.05, 0) is 6.42 Å². The number of carbonyl (C=O) groups excluding carboxylic acids is 2. The van der Waals surface area contributed by atoms with Crippen LogP contribution < -0.4 is 0 Å². The van der Waals surface area contributed by atoms with Gasteiger partial charge >= 0.3 is 0 Å². The lowest BCUT2D eigenvalue weighted by Gasteiger charge is -2.13. The lowest BCUT2D eigenvalue weighted by molar-refractivity contribution is -0.128. The molecule has 0 aliphatic carbocycles. The summed E-state index contributed by atoms with van der Waals surface area (Å²) >= 11 is 0. The van der Waals surface area contributed by atoms with Crippen molar-refractivity contribution in [2.45, 2.75) is 116 Å². The topological polar surface area (TPSA) is 43.4 Å². The number of Topliss-reactive ketones (excluding diaryl/α,β-unsaturated/α-hetero) is 2. The first-order valence-corrected chi connectivity index (χ1v) is 12.3. The van der Waals surface area contributed by atoms with Crippen LogP contribution in [0.5, 0.6) is 0 Å². The number of benzene rings is 1. The number of rotatable bonds is 20. The SMILES string of the molecule is CCCCCCCCCCCCCCCCC(OC)C(=O)CC(=O)c1ccccc1. The molecule has 0 heterocycles. The highest BCUT2D eigenvalue weighted by Gasteiger charge is 2.20. The van der Waals surface area contributed by atoms with Gasteiger partial charge in [-0.15, -0.1) is 0 Å². The third-order valence-electron chi connectivity index (χ3n) is 5.89. The van der Waals surface area contributed by atoms with Gasteiger partial charge in [0.1, 0.15) is 6.10 Å². The summed E-state index contributed by atoms with van der Waals surface area (Å²) in [5, 5.41) is 0. The van der Waals surface area contributed by atoms with Crippen LogP contribution in [-0.2, 0) is 9.53 Å². The van der Waals surface area contributed by atoms with Gasteiger partial charge in [-0.3, -0.25) is 9.59 Å². The van der Waals surface area contributed by atoms with Crippen molar-refractivity contribution in [2.24, 2.45) is 0 Å². The van der Waals surface area contributed by atoms with Gasteiger partial charge in [-0.1, -0.05) is 127 Å². The Bertz CT molecular complexity index is 552. The molecule has 0 fully saturated rings. The van der Waals surface area contributed by atoms with Gasteiger partial charge in [0, 0.05) is 12.7 Å². The van der Waals surface area contributed by atoms with E-state index in [-0.39, 0.29) is 18.0 Å². The van der Waals surface area contributed by atoms with Gasteiger partial charge in [0.05, 0.1) is 6.42 Å². The highest BCUT2D eigenvalue weighted by molar-refractivity contribution is 6.09. The van der Waals surface area contributed by atoms with Crippen molar-refractivity contribution in [1.82, 2.24) is 0 Å². The van der Waals surface area contributed by atoms with E-state index in [0.29, 0.717) is 5.56 Å². The summed E-state index contributed by atoms with van der Waals surface area (Å²) in [6.45, 7) is 2.27. The molecule has 170 valence electrons. The van der Waals surface area contributed by atoms with E-state index in [0.717, 1.165) is 19.3 Å². The normalized spacial score (nSPS) is 12.1. The van der Waals surface area contributed by atoms with Crippen LogP contribution >= 0.6 is 0 Å². The van der Waals surface area contributed by atoms with Crippen molar-refractivity contribution in [3.63, 3.8) is 0 Å². The number of carbonyl (C=O) groups is 2. The minimum atomic E-state index is -0.449. The molecule has 3 heteroatoms. The third kappa shape index (κ3) is 13.0. The fourth-order valence-electron chi connectivity index (χ4n) is 3.93. The first-order valence-electron chi connectivity index (χ1n) is 12.3. The quantitative estimate of drug-likeness (QED) is 0.124. The molecule has 0 bridgehead atoms. The molecule has 1 aromatic rings. The molecule has 0 saturated heterocycles. The standard InChI is InChI=1S/C27H44O3/c1-3-4-5-6-7-8-9-10-11-12-13-14-15-19-22-27(30-2)26(29)23-25(28)24-20-17-16-18-21-24/h16-18,20-21,27H,3-15,19,22-23H2,1-2H3. The van der Waals surface area contributed by atoms with E-state index < -0.39 is 6.10 Å². The zero-order valence-electron chi connectivity index (χ0n) is 19.5. The first kappa shape index (κ1) is 26.6. The van der Waals surface area contributed by atoms with Crippen LogP contribution in [0.15, 0.2) is 30.3 Å². The van der Waals surface area contributed by atoms with Crippen molar-refractivity contribution in [2.75, 3.05) is 7.11 Å². The molecule has 1 aromatic carbocycles.